The average Bonchev–Trinajstić information content (AvgIpc) is 3.34. The Morgan fingerprint density at radius 1 is 1.20 bits per heavy atom. The lowest BCUT2D eigenvalue weighted by molar-refractivity contribution is -0.144. The van der Waals surface area contributed by atoms with E-state index in [1.807, 2.05) is 18.2 Å². The Bertz CT molecular complexity index is 1130. The molecule has 0 bridgehead atoms. The molecule has 0 radical (unpaired) electrons. The highest BCUT2D eigenvalue weighted by Crippen LogP contribution is 2.33. The minimum absolute atomic E-state index is 0.00375. The monoisotopic (exact) mass is 487 g/mol. The SMILES string of the molecule is N#Cc1ccc(CCNC(=O)[C@@H]2CCCN2c2cc(N3CCNC(=O)C3)nc(C(F)(F)F)n2)cc1. The van der Waals surface area contributed by atoms with Crippen molar-refractivity contribution in [2.45, 2.75) is 31.5 Å². The highest BCUT2D eigenvalue weighted by atomic mass is 19.4. The third-order valence-corrected chi connectivity index (χ3v) is 5.96. The summed E-state index contributed by atoms with van der Waals surface area (Å²) in [7, 11) is 0. The zero-order chi connectivity index (χ0) is 25.0. The van der Waals surface area contributed by atoms with Crippen LogP contribution in [0.1, 0.15) is 29.8 Å². The van der Waals surface area contributed by atoms with Crippen LogP contribution in [0.25, 0.3) is 0 Å². The van der Waals surface area contributed by atoms with E-state index in [9.17, 15) is 22.8 Å². The molecule has 3 heterocycles. The van der Waals surface area contributed by atoms with Crippen LogP contribution in [0.3, 0.4) is 0 Å². The Morgan fingerprint density at radius 3 is 2.63 bits per heavy atom. The molecule has 2 aliphatic rings. The number of carbonyl (C=O) groups excluding carboxylic acids is 2. The maximum absolute atomic E-state index is 13.6. The van der Waals surface area contributed by atoms with Gasteiger partial charge in [0.25, 0.3) is 0 Å². The topological polar surface area (TPSA) is 114 Å². The van der Waals surface area contributed by atoms with Gasteiger partial charge in [-0.25, -0.2) is 9.97 Å². The van der Waals surface area contributed by atoms with Gasteiger partial charge in [-0.05, 0) is 37.0 Å². The predicted octanol–water partition coefficient (Wildman–Crippen LogP) is 1.63. The largest absolute Gasteiger partial charge is 0.451 e. The molecule has 0 saturated carbocycles. The highest BCUT2D eigenvalue weighted by Gasteiger charge is 2.38. The smallest absolute Gasteiger partial charge is 0.354 e. The van der Waals surface area contributed by atoms with Crippen molar-refractivity contribution in [3.05, 3.63) is 47.3 Å². The maximum atomic E-state index is 13.6. The van der Waals surface area contributed by atoms with Crippen LogP contribution >= 0.6 is 0 Å². The van der Waals surface area contributed by atoms with E-state index in [4.69, 9.17) is 5.26 Å². The van der Waals surface area contributed by atoms with Gasteiger partial charge in [-0.1, -0.05) is 12.1 Å². The number of halogens is 3. The number of benzene rings is 1. The van der Waals surface area contributed by atoms with Gasteiger partial charge < -0.3 is 20.4 Å². The van der Waals surface area contributed by atoms with Gasteiger partial charge in [0.05, 0.1) is 18.2 Å². The van der Waals surface area contributed by atoms with Crippen LogP contribution < -0.4 is 20.4 Å². The van der Waals surface area contributed by atoms with E-state index in [-0.39, 0.29) is 30.0 Å². The summed E-state index contributed by atoms with van der Waals surface area (Å²) in [6, 6.07) is 9.83. The quantitative estimate of drug-likeness (QED) is 0.637. The van der Waals surface area contributed by atoms with Gasteiger partial charge in [0, 0.05) is 32.2 Å². The number of nitrogens with one attached hydrogen (secondary N) is 2. The molecule has 2 fully saturated rings. The molecule has 9 nitrogen and oxygen atoms in total. The number of carbonyl (C=O) groups is 2. The summed E-state index contributed by atoms with van der Waals surface area (Å²) in [5.41, 5.74) is 1.50. The Kier molecular flexibility index (Phi) is 7.04. The van der Waals surface area contributed by atoms with Gasteiger partial charge in [0.1, 0.15) is 17.7 Å². The van der Waals surface area contributed by atoms with Crippen molar-refractivity contribution in [3.8, 4) is 6.07 Å². The zero-order valence-electron chi connectivity index (χ0n) is 18.8. The molecule has 0 spiro atoms. The van der Waals surface area contributed by atoms with E-state index in [1.54, 1.807) is 17.0 Å². The number of aromatic nitrogens is 2. The number of alkyl halides is 3. The molecule has 2 amide bonds. The first-order valence-electron chi connectivity index (χ1n) is 11.3. The normalized spacial score (nSPS) is 18.2. The summed E-state index contributed by atoms with van der Waals surface area (Å²) in [5, 5.41) is 14.4. The Morgan fingerprint density at radius 2 is 1.94 bits per heavy atom. The van der Waals surface area contributed by atoms with E-state index in [2.05, 4.69) is 20.6 Å². The van der Waals surface area contributed by atoms with Crippen LogP contribution in [-0.4, -0.2) is 60.5 Å². The lowest BCUT2D eigenvalue weighted by atomic mass is 10.1. The van der Waals surface area contributed by atoms with Gasteiger partial charge in [-0.3, -0.25) is 9.59 Å². The fourth-order valence-corrected chi connectivity index (χ4v) is 4.20. The Labute approximate surface area is 199 Å². The van der Waals surface area contributed by atoms with Gasteiger partial charge in [-0.2, -0.15) is 18.4 Å². The van der Waals surface area contributed by atoms with Gasteiger partial charge >= 0.3 is 6.18 Å². The second-order valence-corrected chi connectivity index (χ2v) is 8.38. The fraction of sp³-hybridized carbons (Fsp3) is 0.435. The van der Waals surface area contributed by atoms with Crippen molar-refractivity contribution in [2.24, 2.45) is 0 Å². The molecule has 2 aliphatic heterocycles. The molecule has 0 aliphatic carbocycles. The molecule has 2 aromatic rings. The van der Waals surface area contributed by atoms with E-state index >= 15 is 0 Å². The summed E-state index contributed by atoms with van der Waals surface area (Å²) >= 11 is 0. The minimum atomic E-state index is -4.78. The van der Waals surface area contributed by atoms with Crippen LogP contribution in [0.2, 0.25) is 0 Å². The van der Waals surface area contributed by atoms with Crippen LogP contribution in [0, 0.1) is 11.3 Å². The number of nitrogens with zero attached hydrogens (tertiary/aromatic N) is 5. The summed E-state index contributed by atoms with van der Waals surface area (Å²) in [5.74, 6) is -1.88. The number of hydrogen-bond acceptors (Lipinski definition) is 7. The molecular weight excluding hydrogens is 463 g/mol. The molecule has 0 unspecified atom stereocenters. The van der Waals surface area contributed by atoms with Crippen molar-refractivity contribution in [1.82, 2.24) is 20.6 Å². The first-order valence-corrected chi connectivity index (χ1v) is 11.3. The number of rotatable bonds is 6. The van der Waals surface area contributed by atoms with Crippen molar-refractivity contribution < 1.29 is 22.8 Å². The van der Waals surface area contributed by atoms with E-state index in [1.165, 1.54) is 11.0 Å². The summed E-state index contributed by atoms with van der Waals surface area (Å²) in [6.45, 7) is 1.24. The van der Waals surface area contributed by atoms with Crippen LogP contribution in [0.15, 0.2) is 30.3 Å². The molecule has 2 N–H and O–H groups in total. The van der Waals surface area contributed by atoms with Crippen molar-refractivity contribution in [1.29, 1.82) is 5.26 Å². The molecule has 184 valence electrons. The maximum Gasteiger partial charge on any atom is 0.451 e. The lowest BCUT2D eigenvalue weighted by Crippen LogP contribution is -2.48. The molecule has 4 rings (SSSR count). The second kappa shape index (κ2) is 10.2. The van der Waals surface area contributed by atoms with Gasteiger partial charge in [0.15, 0.2) is 0 Å². The molecule has 35 heavy (non-hydrogen) atoms. The number of piperazine rings is 1. The van der Waals surface area contributed by atoms with Crippen molar-refractivity contribution in [3.63, 3.8) is 0 Å². The van der Waals surface area contributed by atoms with E-state index in [0.717, 1.165) is 5.56 Å². The predicted molar refractivity (Wildman–Crippen MR) is 120 cm³/mol. The first kappa shape index (κ1) is 24.3. The average molecular weight is 487 g/mol. The Hall–Kier alpha value is -3.88. The second-order valence-electron chi connectivity index (χ2n) is 8.38. The van der Waals surface area contributed by atoms with E-state index < -0.39 is 18.0 Å². The number of hydrogen-bond donors (Lipinski definition) is 2. The van der Waals surface area contributed by atoms with E-state index in [0.29, 0.717) is 51.0 Å². The fourth-order valence-electron chi connectivity index (χ4n) is 4.20. The van der Waals surface area contributed by atoms with Gasteiger partial charge in [-0.15, -0.1) is 0 Å². The molecule has 12 heteroatoms. The third-order valence-electron chi connectivity index (χ3n) is 5.96. The van der Waals surface area contributed by atoms with Crippen LogP contribution in [-0.2, 0) is 22.2 Å². The molecular formula is C23H24F3N7O2. The molecule has 1 atom stereocenters. The number of anilines is 2. The zero-order valence-corrected chi connectivity index (χ0v) is 18.8. The van der Waals surface area contributed by atoms with Crippen molar-refractivity contribution >= 4 is 23.5 Å². The van der Waals surface area contributed by atoms with Crippen molar-refractivity contribution in [2.75, 3.05) is 42.5 Å². The first-order chi connectivity index (χ1) is 16.7. The van der Waals surface area contributed by atoms with Crippen LogP contribution in [0.5, 0.6) is 0 Å². The molecule has 1 aromatic carbocycles. The standard InChI is InChI=1S/C23H24F3N7O2/c24-23(25,26)22-30-18(32-11-9-28-20(34)14-32)12-19(31-22)33-10-1-2-17(33)21(35)29-8-7-15-3-5-16(13-27)6-4-15/h3-6,12,17H,1-2,7-11,14H2,(H,28,34)(H,29,35)/t17-/m0/s1. The molecule has 2 saturated heterocycles. The number of nitriles is 1. The number of amides is 2. The van der Waals surface area contributed by atoms with Crippen LogP contribution in [0.4, 0.5) is 24.8 Å². The Balaban J connectivity index is 1.49. The molecule has 1 aromatic heterocycles. The third kappa shape index (κ3) is 5.79. The summed E-state index contributed by atoms with van der Waals surface area (Å²) in [6.07, 6.45) is -3.12. The highest BCUT2D eigenvalue weighted by molar-refractivity contribution is 5.86. The summed E-state index contributed by atoms with van der Waals surface area (Å²) < 4.78 is 40.7. The lowest BCUT2D eigenvalue weighted by Gasteiger charge is -2.30. The van der Waals surface area contributed by atoms with Gasteiger partial charge in [0.2, 0.25) is 17.6 Å². The summed E-state index contributed by atoms with van der Waals surface area (Å²) in [4.78, 5) is 35.1. The minimum Gasteiger partial charge on any atom is -0.354 e.